The summed E-state index contributed by atoms with van der Waals surface area (Å²) in [7, 11) is 0. The van der Waals surface area contributed by atoms with Crippen LogP contribution >= 0.6 is 0 Å². The Morgan fingerprint density at radius 3 is 1.79 bits per heavy atom. The molecule has 0 bridgehead atoms. The minimum absolute atomic E-state index is 0.852. The van der Waals surface area contributed by atoms with Gasteiger partial charge in [-0.3, -0.25) is 0 Å². The number of rotatable bonds is 14. The summed E-state index contributed by atoms with van der Waals surface area (Å²) in [5, 5.41) is 2.92. The Kier molecular flexibility index (Phi) is 10.7. The zero-order chi connectivity index (χ0) is 20.2. The van der Waals surface area contributed by atoms with Gasteiger partial charge in [0, 0.05) is 0 Å². The van der Waals surface area contributed by atoms with Crippen LogP contribution in [0.4, 0.5) is 0 Å². The molecule has 2 aromatic carbocycles. The highest BCUT2D eigenvalue weighted by molar-refractivity contribution is 5.86. The van der Waals surface area contributed by atoms with Crippen molar-refractivity contribution in [1.82, 2.24) is 0 Å². The van der Waals surface area contributed by atoms with Gasteiger partial charge >= 0.3 is 0 Å². The topological polar surface area (TPSA) is 0 Å². The van der Waals surface area contributed by atoms with E-state index in [0.29, 0.717) is 0 Å². The number of unbranched alkanes of at least 4 members (excludes halogenated alkanes) is 6. The Morgan fingerprint density at radius 1 is 0.571 bits per heavy atom. The average molecular weight is 381 g/mol. The summed E-state index contributed by atoms with van der Waals surface area (Å²) < 4.78 is 0. The predicted octanol–water partition coefficient (Wildman–Crippen LogP) is 9.14. The molecule has 0 aliphatic heterocycles. The largest absolute Gasteiger partial charge is 0.0628 e. The molecule has 2 aromatic rings. The lowest BCUT2D eigenvalue weighted by Gasteiger charge is -2.14. The SMILES string of the molecule is CC(C)CCCCCCc1ccc2ccccc2c1CCCCCCC(C)C. The maximum atomic E-state index is 2.42. The van der Waals surface area contributed by atoms with Gasteiger partial charge in [0.2, 0.25) is 0 Å². The maximum Gasteiger partial charge on any atom is -0.0149 e. The van der Waals surface area contributed by atoms with Crippen molar-refractivity contribution in [3.05, 3.63) is 47.5 Å². The van der Waals surface area contributed by atoms with Crippen molar-refractivity contribution in [2.45, 2.75) is 105 Å². The molecule has 0 unspecified atom stereocenters. The van der Waals surface area contributed by atoms with E-state index in [4.69, 9.17) is 0 Å². The van der Waals surface area contributed by atoms with Gasteiger partial charge in [0.05, 0.1) is 0 Å². The minimum Gasteiger partial charge on any atom is -0.0628 e. The van der Waals surface area contributed by atoms with E-state index in [2.05, 4.69) is 64.1 Å². The molecule has 0 aromatic heterocycles. The quantitative estimate of drug-likeness (QED) is 0.287. The van der Waals surface area contributed by atoms with E-state index < -0.39 is 0 Å². The second kappa shape index (κ2) is 13.0. The maximum absolute atomic E-state index is 2.42. The van der Waals surface area contributed by atoms with Gasteiger partial charge < -0.3 is 0 Å². The first-order valence-corrected chi connectivity index (χ1v) is 12.1. The highest BCUT2D eigenvalue weighted by Gasteiger charge is 2.08. The molecular formula is C28H44. The van der Waals surface area contributed by atoms with Gasteiger partial charge in [0.15, 0.2) is 0 Å². The number of fused-ring (bicyclic) bond motifs is 1. The molecule has 0 heteroatoms. The third-order valence-corrected chi connectivity index (χ3v) is 6.07. The van der Waals surface area contributed by atoms with Crippen LogP contribution in [-0.2, 0) is 12.8 Å². The first-order valence-electron chi connectivity index (χ1n) is 12.1. The molecule has 0 saturated heterocycles. The van der Waals surface area contributed by atoms with Gasteiger partial charge in [-0.15, -0.1) is 0 Å². The molecule has 0 aliphatic carbocycles. The molecule has 0 N–H and O–H groups in total. The Hall–Kier alpha value is -1.30. The standard InChI is InChI=1S/C28H44/c1-23(2)15-9-5-7-11-17-25-21-22-26-18-13-14-20-28(26)27(25)19-12-8-6-10-16-24(3)4/h13-14,18,20-24H,5-12,15-17,19H2,1-4H3. The molecule has 2 rings (SSSR count). The molecule has 0 amide bonds. The normalized spacial score (nSPS) is 11.8. The number of hydrogen-bond donors (Lipinski definition) is 0. The van der Waals surface area contributed by atoms with Crippen LogP contribution in [0.3, 0.4) is 0 Å². The lowest BCUT2D eigenvalue weighted by atomic mass is 9.91. The van der Waals surface area contributed by atoms with Crippen LogP contribution in [0, 0.1) is 11.8 Å². The summed E-state index contributed by atoms with van der Waals surface area (Å²) in [6.07, 6.45) is 16.3. The molecule has 0 aliphatic rings. The molecule has 0 heterocycles. The lowest BCUT2D eigenvalue weighted by molar-refractivity contribution is 0.518. The van der Waals surface area contributed by atoms with Crippen molar-refractivity contribution in [2.24, 2.45) is 11.8 Å². The Labute approximate surface area is 175 Å². The molecular weight excluding hydrogens is 336 g/mol. The van der Waals surface area contributed by atoms with E-state index in [1.165, 1.54) is 87.8 Å². The summed E-state index contributed by atoms with van der Waals surface area (Å²) in [5.41, 5.74) is 3.26. The summed E-state index contributed by atoms with van der Waals surface area (Å²) in [6.45, 7) is 9.35. The van der Waals surface area contributed by atoms with Gasteiger partial charge in [0.25, 0.3) is 0 Å². The zero-order valence-corrected chi connectivity index (χ0v) is 19.1. The van der Waals surface area contributed by atoms with Crippen LogP contribution in [0.25, 0.3) is 10.8 Å². The zero-order valence-electron chi connectivity index (χ0n) is 19.1. The van der Waals surface area contributed by atoms with E-state index in [9.17, 15) is 0 Å². The first-order chi connectivity index (χ1) is 13.6. The first kappa shape index (κ1) is 23.0. The van der Waals surface area contributed by atoms with Crippen molar-refractivity contribution in [3.8, 4) is 0 Å². The molecule has 0 fully saturated rings. The third kappa shape index (κ3) is 8.38. The van der Waals surface area contributed by atoms with E-state index in [0.717, 1.165) is 11.8 Å². The van der Waals surface area contributed by atoms with Crippen molar-refractivity contribution < 1.29 is 0 Å². The van der Waals surface area contributed by atoms with Gasteiger partial charge in [-0.1, -0.05) is 115 Å². The molecule has 0 spiro atoms. The summed E-state index contributed by atoms with van der Waals surface area (Å²) >= 11 is 0. The van der Waals surface area contributed by atoms with Gasteiger partial charge in [0.1, 0.15) is 0 Å². The molecule has 0 nitrogen and oxygen atoms in total. The number of benzene rings is 2. The fourth-order valence-electron chi connectivity index (χ4n) is 4.34. The molecule has 28 heavy (non-hydrogen) atoms. The Bertz CT molecular complexity index is 665. The Balaban J connectivity index is 1.89. The smallest absolute Gasteiger partial charge is 0.0149 e. The predicted molar refractivity (Wildman–Crippen MR) is 127 cm³/mol. The molecule has 0 radical (unpaired) electrons. The summed E-state index contributed by atoms with van der Waals surface area (Å²) in [6, 6.07) is 13.8. The van der Waals surface area contributed by atoms with Crippen molar-refractivity contribution in [1.29, 1.82) is 0 Å². The fraction of sp³-hybridized carbons (Fsp3) is 0.643. The number of aryl methyl sites for hydroxylation is 2. The highest BCUT2D eigenvalue weighted by atomic mass is 14.1. The van der Waals surface area contributed by atoms with E-state index in [1.54, 1.807) is 11.1 Å². The third-order valence-electron chi connectivity index (χ3n) is 6.07. The van der Waals surface area contributed by atoms with Crippen LogP contribution in [-0.4, -0.2) is 0 Å². The molecule has 0 atom stereocenters. The van der Waals surface area contributed by atoms with Gasteiger partial charge in [-0.05, 0) is 59.4 Å². The minimum atomic E-state index is 0.852. The Morgan fingerprint density at radius 2 is 1.14 bits per heavy atom. The van der Waals surface area contributed by atoms with E-state index in [-0.39, 0.29) is 0 Å². The van der Waals surface area contributed by atoms with E-state index >= 15 is 0 Å². The average Bonchev–Trinajstić information content (AvgIpc) is 2.67. The molecule has 156 valence electrons. The van der Waals surface area contributed by atoms with Gasteiger partial charge in [-0.25, -0.2) is 0 Å². The second-order valence-corrected chi connectivity index (χ2v) is 9.62. The summed E-state index contributed by atoms with van der Waals surface area (Å²) in [4.78, 5) is 0. The lowest BCUT2D eigenvalue weighted by Crippen LogP contribution is -1.98. The van der Waals surface area contributed by atoms with Crippen LogP contribution in [0.2, 0.25) is 0 Å². The van der Waals surface area contributed by atoms with Crippen molar-refractivity contribution >= 4 is 10.8 Å². The van der Waals surface area contributed by atoms with Crippen LogP contribution in [0.1, 0.15) is 103 Å². The van der Waals surface area contributed by atoms with Gasteiger partial charge in [-0.2, -0.15) is 0 Å². The van der Waals surface area contributed by atoms with Crippen LogP contribution < -0.4 is 0 Å². The fourth-order valence-corrected chi connectivity index (χ4v) is 4.34. The summed E-state index contributed by atoms with van der Waals surface area (Å²) in [5.74, 6) is 1.71. The highest BCUT2D eigenvalue weighted by Crippen LogP contribution is 2.26. The van der Waals surface area contributed by atoms with Crippen LogP contribution in [0.15, 0.2) is 36.4 Å². The monoisotopic (exact) mass is 380 g/mol. The van der Waals surface area contributed by atoms with Crippen molar-refractivity contribution in [2.75, 3.05) is 0 Å². The van der Waals surface area contributed by atoms with Crippen LogP contribution in [0.5, 0.6) is 0 Å². The van der Waals surface area contributed by atoms with E-state index in [1.807, 2.05) is 0 Å². The number of hydrogen-bond acceptors (Lipinski definition) is 0. The van der Waals surface area contributed by atoms with Crippen molar-refractivity contribution in [3.63, 3.8) is 0 Å². The molecule has 0 saturated carbocycles. The second-order valence-electron chi connectivity index (χ2n) is 9.62.